The second-order valence-corrected chi connectivity index (χ2v) is 4.36. The SMILES string of the molecule is O=C(O)C1CCCC1c1nc2ncccc2o1. The van der Waals surface area contributed by atoms with Gasteiger partial charge in [0, 0.05) is 12.1 Å². The van der Waals surface area contributed by atoms with E-state index in [1.165, 1.54) is 0 Å². The van der Waals surface area contributed by atoms with Gasteiger partial charge in [-0.15, -0.1) is 0 Å². The van der Waals surface area contributed by atoms with Crippen molar-refractivity contribution in [1.29, 1.82) is 0 Å². The number of hydrogen-bond donors (Lipinski definition) is 1. The van der Waals surface area contributed by atoms with Crippen molar-refractivity contribution in [2.45, 2.75) is 25.2 Å². The fourth-order valence-corrected chi connectivity index (χ4v) is 2.50. The van der Waals surface area contributed by atoms with Crippen molar-refractivity contribution in [2.75, 3.05) is 0 Å². The van der Waals surface area contributed by atoms with Crippen molar-refractivity contribution >= 4 is 17.2 Å². The Kier molecular flexibility index (Phi) is 2.31. The van der Waals surface area contributed by atoms with Crippen molar-refractivity contribution in [3.63, 3.8) is 0 Å². The molecule has 5 nitrogen and oxygen atoms in total. The molecule has 2 aromatic heterocycles. The van der Waals surface area contributed by atoms with Crippen LogP contribution < -0.4 is 0 Å². The predicted molar refractivity (Wildman–Crippen MR) is 59.5 cm³/mol. The van der Waals surface area contributed by atoms with Crippen LogP contribution in [0.2, 0.25) is 0 Å². The lowest BCUT2D eigenvalue weighted by atomic mass is 9.96. The van der Waals surface area contributed by atoms with E-state index in [2.05, 4.69) is 9.97 Å². The number of aliphatic carboxylic acids is 1. The molecule has 3 rings (SSSR count). The summed E-state index contributed by atoms with van der Waals surface area (Å²) in [6, 6.07) is 3.57. The maximum Gasteiger partial charge on any atom is 0.307 e. The van der Waals surface area contributed by atoms with Crippen molar-refractivity contribution in [3.05, 3.63) is 24.2 Å². The molecular weight excluding hydrogens is 220 g/mol. The third kappa shape index (κ3) is 1.67. The molecule has 0 spiro atoms. The van der Waals surface area contributed by atoms with Crippen molar-refractivity contribution in [1.82, 2.24) is 9.97 Å². The Bertz CT molecular complexity index is 531. The average molecular weight is 232 g/mol. The van der Waals surface area contributed by atoms with E-state index in [0.29, 0.717) is 23.5 Å². The van der Waals surface area contributed by atoms with E-state index in [9.17, 15) is 4.79 Å². The Morgan fingerprint density at radius 1 is 1.47 bits per heavy atom. The van der Waals surface area contributed by atoms with Gasteiger partial charge < -0.3 is 9.52 Å². The smallest absolute Gasteiger partial charge is 0.307 e. The summed E-state index contributed by atoms with van der Waals surface area (Å²) in [4.78, 5) is 19.5. The van der Waals surface area contributed by atoms with E-state index in [1.807, 2.05) is 0 Å². The highest BCUT2D eigenvalue weighted by atomic mass is 16.4. The molecule has 1 N–H and O–H groups in total. The maximum atomic E-state index is 11.1. The van der Waals surface area contributed by atoms with Crippen LogP contribution in [0.5, 0.6) is 0 Å². The average Bonchev–Trinajstić information content (AvgIpc) is 2.95. The molecule has 2 atom stereocenters. The molecule has 0 aromatic carbocycles. The van der Waals surface area contributed by atoms with E-state index in [1.54, 1.807) is 18.3 Å². The molecule has 1 fully saturated rings. The number of oxazole rings is 1. The lowest BCUT2D eigenvalue weighted by molar-refractivity contribution is -0.142. The summed E-state index contributed by atoms with van der Waals surface area (Å²) in [5.41, 5.74) is 1.18. The highest BCUT2D eigenvalue weighted by Crippen LogP contribution is 2.39. The topological polar surface area (TPSA) is 76.2 Å². The van der Waals surface area contributed by atoms with Crippen molar-refractivity contribution < 1.29 is 14.3 Å². The molecular formula is C12H12N2O3. The van der Waals surface area contributed by atoms with E-state index >= 15 is 0 Å². The van der Waals surface area contributed by atoms with Gasteiger partial charge in [-0.25, -0.2) is 4.98 Å². The maximum absolute atomic E-state index is 11.1. The first-order valence-electron chi connectivity index (χ1n) is 5.70. The highest BCUT2D eigenvalue weighted by Gasteiger charge is 2.37. The molecule has 88 valence electrons. The zero-order valence-electron chi connectivity index (χ0n) is 9.17. The summed E-state index contributed by atoms with van der Waals surface area (Å²) in [6.45, 7) is 0. The molecule has 2 aromatic rings. The summed E-state index contributed by atoms with van der Waals surface area (Å²) in [5.74, 6) is -0.726. The lowest BCUT2D eigenvalue weighted by Gasteiger charge is -2.10. The highest BCUT2D eigenvalue weighted by molar-refractivity contribution is 5.72. The molecule has 0 amide bonds. The largest absolute Gasteiger partial charge is 0.481 e. The first-order chi connectivity index (χ1) is 8.25. The minimum atomic E-state index is -0.761. The van der Waals surface area contributed by atoms with Crippen LogP contribution in [0, 0.1) is 5.92 Å². The van der Waals surface area contributed by atoms with Crippen molar-refractivity contribution in [2.24, 2.45) is 5.92 Å². The number of pyridine rings is 1. The molecule has 0 aliphatic heterocycles. The second kappa shape index (κ2) is 3.84. The van der Waals surface area contributed by atoms with Crippen molar-refractivity contribution in [3.8, 4) is 0 Å². The van der Waals surface area contributed by atoms with Gasteiger partial charge in [0.25, 0.3) is 0 Å². The summed E-state index contributed by atoms with van der Waals surface area (Å²) in [6.07, 6.45) is 4.09. The number of hydrogen-bond acceptors (Lipinski definition) is 4. The third-order valence-corrected chi connectivity index (χ3v) is 3.33. The molecule has 1 aliphatic carbocycles. The van der Waals surface area contributed by atoms with Gasteiger partial charge in [-0.3, -0.25) is 4.79 Å². The first-order valence-corrected chi connectivity index (χ1v) is 5.70. The fourth-order valence-electron chi connectivity index (χ4n) is 2.50. The molecule has 0 saturated heterocycles. The van der Waals surface area contributed by atoms with Gasteiger partial charge in [0.2, 0.25) is 5.89 Å². The molecule has 0 bridgehead atoms. The van der Waals surface area contributed by atoms with Gasteiger partial charge in [-0.1, -0.05) is 6.42 Å². The first kappa shape index (κ1) is 10.3. The van der Waals surface area contributed by atoms with Crippen LogP contribution >= 0.6 is 0 Å². The third-order valence-electron chi connectivity index (χ3n) is 3.33. The summed E-state index contributed by atoms with van der Waals surface area (Å²) < 4.78 is 5.60. The van der Waals surface area contributed by atoms with Crippen LogP contribution in [0.25, 0.3) is 11.2 Å². The molecule has 2 unspecified atom stereocenters. The minimum absolute atomic E-state index is 0.110. The Hall–Kier alpha value is -1.91. The van der Waals surface area contributed by atoms with Gasteiger partial charge in [0.15, 0.2) is 11.2 Å². The van der Waals surface area contributed by atoms with Gasteiger partial charge in [-0.05, 0) is 25.0 Å². The zero-order chi connectivity index (χ0) is 11.8. The molecule has 1 saturated carbocycles. The second-order valence-electron chi connectivity index (χ2n) is 4.36. The van der Waals surface area contributed by atoms with Crippen LogP contribution in [0.3, 0.4) is 0 Å². The minimum Gasteiger partial charge on any atom is -0.481 e. The lowest BCUT2D eigenvalue weighted by Crippen LogP contribution is -2.16. The molecule has 5 heteroatoms. The van der Waals surface area contributed by atoms with Crippen LogP contribution in [0.15, 0.2) is 22.7 Å². The van der Waals surface area contributed by atoms with Gasteiger partial charge in [-0.2, -0.15) is 4.98 Å². The number of carbonyl (C=O) groups is 1. The predicted octanol–water partition coefficient (Wildman–Crippen LogP) is 2.19. The monoisotopic (exact) mass is 232 g/mol. The number of carboxylic acid groups (broad SMARTS) is 1. The Labute approximate surface area is 97.5 Å². The Morgan fingerprint density at radius 3 is 3.12 bits per heavy atom. The van der Waals surface area contributed by atoms with Crippen LogP contribution in [0.1, 0.15) is 31.1 Å². The van der Waals surface area contributed by atoms with Gasteiger partial charge in [0.1, 0.15) is 0 Å². The summed E-state index contributed by atoms with van der Waals surface area (Å²) in [5, 5.41) is 9.13. The van der Waals surface area contributed by atoms with Gasteiger partial charge >= 0.3 is 5.97 Å². The quantitative estimate of drug-likeness (QED) is 0.858. The molecule has 1 aliphatic rings. The molecule has 0 radical (unpaired) electrons. The normalized spacial score (nSPS) is 24.2. The molecule has 2 heterocycles. The van der Waals surface area contributed by atoms with E-state index in [4.69, 9.17) is 9.52 Å². The number of fused-ring (bicyclic) bond motifs is 1. The van der Waals surface area contributed by atoms with Crippen LogP contribution in [0.4, 0.5) is 0 Å². The number of nitrogens with zero attached hydrogens (tertiary/aromatic N) is 2. The van der Waals surface area contributed by atoms with Crippen LogP contribution in [-0.2, 0) is 4.79 Å². The van der Waals surface area contributed by atoms with Crippen LogP contribution in [-0.4, -0.2) is 21.0 Å². The number of rotatable bonds is 2. The Balaban J connectivity index is 2.00. The fraction of sp³-hybridized carbons (Fsp3) is 0.417. The summed E-state index contributed by atoms with van der Waals surface area (Å²) in [7, 11) is 0. The van der Waals surface area contributed by atoms with E-state index < -0.39 is 5.97 Å². The standard InChI is InChI=1S/C12H12N2O3/c15-12(16)8-4-1-3-7(8)11-14-10-9(17-11)5-2-6-13-10/h2,5-8H,1,3-4H2,(H,15,16). The zero-order valence-corrected chi connectivity index (χ0v) is 9.17. The van der Waals surface area contributed by atoms with E-state index in [-0.39, 0.29) is 11.8 Å². The Morgan fingerprint density at radius 2 is 2.35 bits per heavy atom. The number of carboxylic acids is 1. The summed E-state index contributed by atoms with van der Waals surface area (Å²) >= 11 is 0. The van der Waals surface area contributed by atoms with E-state index in [0.717, 1.165) is 12.8 Å². The number of aromatic nitrogens is 2. The molecule has 17 heavy (non-hydrogen) atoms. The van der Waals surface area contributed by atoms with Gasteiger partial charge in [0.05, 0.1) is 5.92 Å².